The molecule has 10 nitrogen and oxygen atoms in total. The summed E-state index contributed by atoms with van der Waals surface area (Å²) in [6, 6.07) is 10.2. The summed E-state index contributed by atoms with van der Waals surface area (Å²) in [5.41, 5.74) is 1.64. The largest absolute Gasteiger partial charge is 0.328 e. The number of nitro benzene ring substituents is 1. The molecule has 0 bridgehead atoms. The highest BCUT2D eigenvalue weighted by atomic mass is 127. The number of aliphatic imine (C=N–C) groups is 1. The van der Waals surface area contributed by atoms with Gasteiger partial charge in [0, 0.05) is 35.6 Å². The van der Waals surface area contributed by atoms with Gasteiger partial charge in [-0.05, 0) is 59.8 Å². The summed E-state index contributed by atoms with van der Waals surface area (Å²) in [7, 11) is 3.13. The van der Waals surface area contributed by atoms with E-state index in [4.69, 9.17) is 0 Å². The Bertz CT molecular complexity index is 1490. The number of nitrogens with one attached hydrogen (secondary N) is 1. The van der Waals surface area contributed by atoms with E-state index in [1.165, 1.54) is 32.2 Å². The second-order valence-electron chi connectivity index (χ2n) is 7.01. The first kappa shape index (κ1) is 20.8. The Morgan fingerprint density at radius 3 is 2.32 bits per heavy atom. The number of hydrogen-bond donors (Lipinski definition) is 1. The van der Waals surface area contributed by atoms with E-state index in [9.17, 15) is 19.7 Å². The number of fused-ring (bicyclic) bond motifs is 1. The van der Waals surface area contributed by atoms with E-state index in [1.807, 2.05) is 24.3 Å². The van der Waals surface area contributed by atoms with E-state index in [-0.39, 0.29) is 28.2 Å². The van der Waals surface area contributed by atoms with Crippen molar-refractivity contribution < 1.29 is 4.92 Å². The number of halogens is 1. The van der Waals surface area contributed by atoms with Gasteiger partial charge in [0.05, 0.1) is 27.2 Å². The van der Waals surface area contributed by atoms with Gasteiger partial charge in [-0.3, -0.25) is 29.1 Å². The Morgan fingerprint density at radius 1 is 1.10 bits per heavy atom. The second kappa shape index (κ2) is 7.65. The third kappa shape index (κ3) is 3.50. The van der Waals surface area contributed by atoms with Crippen LogP contribution in [0.5, 0.6) is 0 Å². The molecule has 0 unspecified atom stereocenters. The van der Waals surface area contributed by atoms with Crippen LogP contribution in [-0.2, 0) is 14.1 Å². The summed E-state index contributed by atoms with van der Waals surface area (Å²) in [5, 5.41) is 14.6. The maximum Gasteiger partial charge on any atom is 0.328 e. The average molecular weight is 532 g/mol. The lowest BCUT2D eigenvalue weighted by atomic mass is 10.2. The first-order valence-corrected chi connectivity index (χ1v) is 10.2. The van der Waals surface area contributed by atoms with E-state index in [0.29, 0.717) is 22.4 Å². The van der Waals surface area contributed by atoms with Gasteiger partial charge in [0.25, 0.3) is 11.2 Å². The summed E-state index contributed by atoms with van der Waals surface area (Å²) in [4.78, 5) is 40.3. The molecule has 0 saturated carbocycles. The molecule has 11 heteroatoms. The third-order valence-electron chi connectivity index (χ3n) is 5.10. The number of hydrogen-bond acceptors (Lipinski definition) is 5. The molecule has 0 saturated heterocycles. The van der Waals surface area contributed by atoms with Crippen LogP contribution in [-0.4, -0.2) is 30.1 Å². The molecule has 158 valence electrons. The molecule has 4 rings (SSSR count). The fourth-order valence-electron chi connectivity index (χ4n) is 3.39. The zero-order valence-corrected chi connectivity index (χ0v) is 18.9. The summed E-state index contributed by atoms with van der Waals surface area (Å²) in [6.07, 6.45) is 1.31. The number of imidazole rings is 1. The normalized spacial score (nSPS) is 11.6. The minimum absolute atomic E-state index is 0.0551. The lowest BCUT2D eigenvalue weighted by Gasteiger charge is -2.01. The van der Waals surface area contributed by atoms with Crippen LogP contribution in [0.3, 0.4) is 0 Å². The molecule has 0 radical (unpaired) electrons. The molecule has 0 amide bonds. The van der Waals surface area contributed by atoms with Crippen molar-refractivity contribution >= 4 is 51.2 Å². The van der Waals surface area contributed by atoms with E-state index < -0.39 is 4.92 Å². The molecule has 2 heterocycles. The van der Waals surface area contributed by atoms with Crippen molar-refractivity contribution in [3.05, 3.63) is 82.2 Å². The van der Waals surface area contributed by atoms with Crippen LogP contribution in [0.15, 0.2) is 51.0 Å². The smallest absolute Gasteiger partial charge is 0.295 e. The Balaban J connectivity index is 1.83. The summed E-state index contributed by atoms with van der Waals surface area (Å²) in [6.45, 7) is 1.73. The molecule has 2 aromatic carbocycles. The van der Waals surface area contributed by atoms with Gasteiger partial charge in [0.2, 0.25) is 0 Å². The SMILES string of the molecule is Cc1[nH]n(-c2ccc(I)cc2)c(=O)c1C=Nc1cc2c(cc1[N+](=O)[O-])n(C)c(=O)n2C. The topological polar surface area (TPSA) is 120 Å². The molecular formula is C20H17IN6O4. The van der Waals surface area contributed by atoms with E-state index >= 15 is 0 Å². The van der Waals surface area contributed by atoms with Gasteiger partial charge in [-0.15, -0.1) is 0 Å². The van der Waals surface area contributed by atoms with Crippen molar-refractivity contribution in [1.29, 1.82) is 0 Å². The van der Waals surface area contributed by atoms with Gasteiger partial charge in [-0.2, -0.15) is 0 Å². The van der Waals surface area contributed by atoms with Crippen molar-refractivity contribution in [2.24, 2.45) is 19.1 Å². The highest BCUT2D eigenvalue weighted by Crippen LogP contribution is 2.31. The Labute approximate surface area is 188 Å². The standard InChI is InChI=1S/C20H17IN6O4/c1-11-14(19(28)26(23-11)13-6-4-12(21)5-7-13)10-22-15-8-17-18(9-16(15)27(30)31)25(3)20(29)24(17)2/h4-10,23H,1-3H3. The van der Waals surface area contributed by atoms with Crippen LogP contribution in [0.25, 0.3) is 16.7 Å². The van der Waals surface area contributed by atoms with Gasteiger partial charge < -0.3 is 0 Å². The maximum absolute atomic E-state index is 12.9. The predicted molar refractivity (Wildman–Crippen MR) is 126 cm³/mol. The minimum Gasteiger partial charge on any atom is -0.295 e. The first-order chi connectivity index (χ1) is 14.7. The third-order valence-corrected chi connectivity index (χ3v) is 5.82. The van der Waals surface area contributed by atoms with Crippen molar-refractivity contribution in [1.82, 2.24) is 18.9 Å². The number of aromatic nitrogens is 4. The highest BCUT2D eigenvalue weighted by Gasteiger charge is 2.19. The molecule has 0 fully saturated rings. The molecule has 2 aromatic heterocycles. The molecule has 0 aliphatic carbocycles. The van der Waals surface area contributed by atoms with E-state index in [2.05, 4.69) is 32.7 Å². The molecule has 4 aromatic rings. The van der Waals surface area contributed by atoms with E-state index in [1.54, 1.807) is 21.0 Å². The number of aryl methyl sites for hydroxylation is 3. The number of nitro groups is 1. The fourth-order valence-corrected chi connectivity index (χ4v) is 3.75. The van der Waals surface area contributed by atoms with E-state index in [0.717, 1.165) is 3.57 Å². The number of H-pyrrole nitrogens is 1. The maximum atomic E-state index is 12.9. The lowest BCUT2D eigenvalue weighted by molar-refractivity contribution is -0.383. The lowest BCUT2D eigenvalue weighted by Crippen LogP contribution is -2.19. The number of aromatic amines is 1. The quantitative estimate of drug-likeness (QED) is 0.188. The monoisotopic (exact) mass is 532 g/mol. The summed E-state index contributed by atoms with van der Waals surface area (Å²) < 4.78 is 5.16. The number of rotatable bonds is 4. The molecule has 0 spiro atoms. The van der Waals surface area contributed by atoms with Crippen molar-refractivity contribution in [2.75, 3.05) is 0 Å². The van der Waals surface area contributed by atoms with Crippen LogP contribution in [0.4, 0.5) is 11.4 Å². The van der Waals surface area contributed by atoms with Crippen LogP contribution in [0.1, 0.15) is 11.3 Å². The predicted octanol–water partition coefficient (Wildman–Crippen LogP) is 2.93. The van der Waals surface area contributed by atoms with Gasteiger partial charge in [0.1, 0.15) is 5.69 Å². The minimum atomic E-state index is -0.558. The molecule has 0 aliphatic heterocycles. The molecular weight excluding hydrogens is 515 g/mol. The van der Waals surface area contributed by atoms with Gasteiger partial charge in [-0.25, -0.2) is 14.5 Å². The average Bonchev–Trinajstić information content (AvgIpc) is 3.14. The molecule has 0 aliphatic rings. The molecule has 31 heavy (non-hydrogen) atoms. The van der Waals surface area contributed by atoms with Crippen LogP contribution >= 0.6 is 22.6 Å². The zero-order chi connectivity index (χ0) is 22.4. The van der Waals surface area contributed by atoms with Gasteiger partial charge in [-0.1, -0.05) is 0 Å². The van der Waals surface area contributed by atoms with Crippen molar-refractivity contribution in [2.45, 2.75) is 6.92 Å². The van der Waals surface area contributed by atoms with Crippen LogP contribution < -0.4 is 11.2 Å². The first-order valence-electron chi connectivity index (χ1n) is 9.14. The fraction of sp³-hybridized carbons (Fsp3) is 0.150. The molecule has 0 atom stereocenters. The van der Waals surface area contributed by atoms with Crippen LogP contribution in [0, 0.1) is 20.6 Å². The van der Waals surface area contributed by atoms with Crippen LogP contribution in [0.2, 0.25) is 0 Å². The summed E-state index contributed by atoms with van der Waals surface area (Å²) >= 11 is 2.18. The zero-order valence-electron chi connectivity index (χ0n) is 16.8. The number of benzene rings is 2. The Kier molecular flexibility index (Phi) is 5.13. The highest BCUT2D eigenvalue weighted by molar-refractivity contribution is 14.1. The Hall–Kier alpha value is -3.48. The summed E-state index contributed by atoms with van der Waals surface area (Å²) in [5.74, 6) is 0. The molecule has 1 N–H and O–H groups in total. The van der Waals surface area contributed by atoms with Crippen molar-refractivity contribution in [3.8, 4) is 5.69 Å². The van der Waals surface area contributed by atoms with Crippen molar-refractivity contribution in [3.63, 3.8) is 0 Å². The number of nitrogens with zero attached hydrogens (tertiary/aromatic N) is 5. The van der Waals surface area contributed by atoms with Gasteiger partial charge in [0.15, 0.2) is 0 Å². The second-order valence-corrected chi connectivity index (χ2v) is 8.26. The van der Waals surface area contributed by atoms with Gasteiger partial charge >= 0.3 is 5.69 Å². The Morgan fingerprint density at radius 2 is 1.71 bits per heavy atom.